The topological polar surface area (TPSA) is 114 Å². The summed E-state index contributed by atoms with van der Waals surface area (Å²) in [7, 11) is 0. The molecule has 1 aromatic heterocycles. The average Bonchev–Trinajstić information content (AvgIpc) is 3.03. The van der Waals surface area contributed by atoms with E-state index in [-0.39, 0.29) is 12.5 Å². The van der Waals surface area contributed by atoms with Crippen LogP contribution < -0.4 is 15.8 Å². The van der Waals surface area contributed by atoms with Gasteiger partial charge in [-0.05, 0) is 26.3 Å². The van der Waals surface area contributed by atoms with Crippen LogP contribution >= 0.6 is 0 Å². The van der Waals surface area contributed by atoms with E-state index in [0.717, 1.165) is 69.9 Å². The van der Waals surface area contributed by atoms with Crippen LogP contribution in [0.1, 0.15) is 51.1 Å². The van der Waals surface area contributed by atoms with Crippen LogP contribution in [0.5, 0.6) is 0 Å². The minimum absolute atomic E-state index is 0.0222. The van der Waals surface area contributed by atoms with Crippen molar-refractivity contribution in [1.82, 2.24) is 25.4 Å². The molecular weight excluding hydrogens is 398 g/mol. The quantitative estimate of drug-likeness (QED) is 0.245. The maximum Gasteiger partial charge on any atom is 0.246 e. The predicted octanol–water partition coefficient (Wildman–Crippen LogP) is 1.56. The molecule has 0 bridgehead atoms. The van der Waals surface area contributed by atoms with E-state index >= 15 is 0 Å². The Morgan fingerprint density at radius 2 is 1.87 bits per heavy atom. The third-order valence-electron chi connectivity index (χ3n) is 6.40. The third-order valence-corrected chi connectivity index (χ3v) is 6.40. The van der Waals surface area contributed by atoms with Crippen molar-refractivity contribution >= 4 is 24.1 Å². The molecule has 2 amide bonds. The van der Waals surface area contributed by atoms with Gasteiger partial charge in [0.05, 0.1) is 12.0 Å². The van der Waals surface area contributed by atoms with Crippen molar-refractivity contribution in [3.8, 4) is 0 Å². The first-order chi connectivity index (χ1) is 15.0. The molecule has 1 saturated heterocycles. The van der Waals surface area contributed by atoms with E-state index in [9.17, 15) is 14.8 Å². The number of piperazine rings is 1. The summed E-state index contributed by atoms with van der Waals surface area (Å²) < 4.78 is 0. The Morgan fingerprint density at radius 1 is 1.19 bits per heavy atom. The van der Waals surface area contributed by atoms with Gasteiger partial charge in [0.15, 0.2) is 0 Å². The molecule has 1 saturated carbocycles. The monoisotopic (exact) mass is 433 g/mol. The van der Waals surface area contributed by atoms with Crippen LogP contribution in [0.4, 0.5) is 11.8 Å². The first kappa shape index (κ1) is 23.2. The molecule has 172 valence electrons. The Kier molecular flexibility index (Phi) is 8.03. The predicted molar refractivity (Wildman–Crippen MR) is 118 cm³/mol. The molecule has 10 nitrogen and oxygen atoms in total. The SMILES string of the molecule is CCN1CCN(c2cc(C)nc(NNC(=O)C3(CN(O)C=O)CCCCCC3)n2)CC1. The minimum atomic E-state index is -0.831. The fourth-order valence-corrected chi connectivity index (χ4v) is 4.52. The number of carbonyl (C=O) groups is 2. The molecule has 3 N–H and O–H groups in total. The molecule has 0 aromatic carbocycles. The number of hydrogen-bond donors (Lipinski definition) is 3. The molecule has 1 aromatic rings. The second kappa shape index (κ2) is 10.7. The zero-order chi connectivity index (χ0) is 22.3. The summed E-state index contributed by atoms with van der Waals surface area (Å²) in [4.78, 5) is 37.8. The maximum absolute atomic E-state index is 13.1. The summed E-state index contributed by atoms with van der Waals surface area (Å²) in [5, 5.41) is 10.4. The molecule has 0 unspecified atom stereocenters. The van der Waals surface area contributed by atoms with Gasteiger partial charge in [0.1, 0.15) is 5.82 Å². The van der Waals surface area contributed by atoms with E-state index in [1.807, 2.05) is 13.0 Å². The number of hydrazine groups is 1. The average molecular weight is 434 g/mol. The number of likely N-dealkylation sites (N-methyl/N-ethyl adjacent to an activating group) is 1. The lowest BCUT2D eigenvalue weighted by Gasteiger charge is -2.35. The van der Waals surface area contributed by atoms with Crippen LogP contribution in [0.25, 0.3) is 0 Å². The Balaban J connectivity index is 1.68. The van der Waals surface area contributed by atoms with Gasteiger partial charge in [0.2, 0.25) is 18.3 Å². The fourth-order valence-electron chi connectivity index (χ4n) is 4.52. The van der Waals surface area contributed by atoms with Gasteiger partial charge in [-0.25, -0.2) is 10.0 Å². The van der Waals surface area contributed by atoms with E-state index in [1.165, 1.54) is 0 Å². The lowest BCUT2D eigenvalue weighted by atomic mass is 9.79. The summed E-state index contributed by atoms with van der Waals surface area (Å²) >= 11 is 0. The first-order valence-electron chi connectivity index (χ1n) is 11.3. The standard InChI is InChI=1S/C21H35N7O3/c1-3-26-10-12-27(13-11-26)18-14-17(2)22-20(23-18)25-24-19(30)21(15-28(31)16-29)8-6-4-5-7-9-21/h14,16,31H,3-13,15H2,1-2H3,(H,24,30)(H,22,23,25). The maximum atomic E-state index is 13.1. The van der Waals surface area contributed by atoms with Crippen LogP contribution in [-0.4, -0.2) is 76.7 Å². The van der Waals surface area contributed by atoms with E-state index in [2.05, 4.69) is 37.5 Å². The number of rotatable bonds is 8. The van der Waals surface area contributed by atoms with Gasteiger partial charge in [-0.3, -0.25) is 25.6 Å². The lowest BCUT2D eigenvalue weighted by molar-refractivity contribution is -0.161. The second-order valence-electron chi connectivity index (χ2n) is 8.59. The van der Waals surface area contributed by atoms with Gasteiger partial charge in [0, 0.05) is 37.9 Å². The largest absolute Gasteiger partial charge is 0.354 e. The molecule has 2 heterocycles. The summed E-state index contributed by atoms with van der Waals surface area (Å²) in [6, 6.07) is 1.95. The number of hydroxylamine groups is 2. The third kappa shape index (κ3) is 6.04. The first-order valence-corrected chi connectivity index (χ1v) is 11.3. The number of aromatic nitrogens is 2. The van der Waals surface area contributed by atoms with Crippen molar-refractivity contribution in [2.75, 3.05) is 49.6 Å². The molecule has 2 fully saturated rings. The number of amides is 2. The van der Waals surface area contributed by atoms with E-state index in [0.29, 0.717) is 30.3 Å². The van der Waals surface area contributed by atoms with E-state index in [4.69, 9.17) is 0 Å². The van der Waals surface area contributed by atoms with Gasteiger partial charge in [0.25, 0.3) is 0 Å². The highest BCUT2D eigenvalue weighted by Gasteiger charge is 2.40. The van der Waals surface area contributed by atoms with Crippen LogP contribution in [0, 0.1) is 12.3 Å². The van der Waals surface area contributed by atoms with Gasteiger partial charge in [-0.15, -0.1) is 0 Å². The van der Waals surface area contributed by atoms with Crippen LogP contribution in [0.3, 0.4) is 0 Å². The molecule has 0 atom stereocenters. The molecule has 1 aliphatic heterocycles. The van der Waals surface area contributed by atoms with E-state index < -0.39 is 5.41 Å². The lowest BCUT2D eigenvalue weighted by Crippen LogP contribution is -2.49. The number of carbonyl (C=O) groups excluding carboxylic acids is 2. The van der Waals surface area contributed by atoms with Crippen molar-refractivity contribution in [1.29, 1.82) is 0 Å². The Morgan fingerprint density at radius 3 is 2.48 bits per heavy atom. The molecule has 0 radical (unpaired) electrons. The highest BCUT2D eigenvalue weighted by Crippen LogP contribution is 2.36. The smallest absolute Gasteiger partial charge is 0.246 e. The van der Waals surface area contributed by atoms with Gasteiger partial charge in [-0.2, -0.15) is 4.98 Å². The Labute approximate surface area is 183 Å². The number of anilines is 2. The molecule has 0 spiro atoms. The van der Waals surface area contributed by atoms with Crippen molar-refractivity contribution in [2.45, 2.75) is 52.4 Å². The van der Waals surface area contributed by atoms with Gasteiger partial charge >= 0.3 is 0 Å². The van der Waals surface area contributed by atoms with Crippen molar-refractivity contribution in [2.24, 2.45) is 5.41 Å². The Bertz CT molecular complexity index is 744. The van der Waals surface area contributed by atoms with Crippen LogP contribution in [0.2, 0.25) is 0 Å². The van der Waals surface area contributed by atoms with Crippen molar-refractivity contribution in [3.05, 3.63) is 11.8 Å². The van der Waals surface area contributed by atoms with Crippen molar-refractivity contribution in [3.63, 3.8) is 0 Å². The summed E-state index contributed by atoms with van der Waals surface area (Å²) in [5.41, 5.74) is 5.60. The van der Waals surface area contributed by atoms with Crippen molar-refractivity contribution < 1.29 is 14.8 Å². The summed E-state index contributed by atoms with van der Waals surface area (Å²) in [6.45, 7) is 8.89. The molecule has 10 heteroatoms. The number of nitrogens with zero attached hydrogens (tertiary/aromatic N) is 5. The zero-order valence-corrected chi connectivity index (χ0v) is 18.6. The number of aryl methyl sites for hydroxylation is 1. The molecule has 31 heavy (non-hydrogen) atoms. The van der Waals surface area contributed by atoms with Crippen LogP contribution in [0.15, 0.2) is 6.07 Å². The minimum Gasteiger partial charge on any atom is -0.354 e. The fraction of sp³-hybridized carbons (Fsp3) is 0.714. The number of hydrogen-bond acceptors (Lipinski definition) is 8. The summed E-state index contributed by atoms with van der Waals surface area (Å²) in [6.07, 6.45) is 5.45. The van der Waals surface area contributed by atoms with Gasteiger partial charge in [-0.1, -0.05) is 32.6 Å². The highest BCUT2D eigenvalue weighted by molar-refractivity contribution is 5.84. The summed E-state index contributed by atoms with van der Waals surface area (Å²) in [5.74, 6) is 0.923. The molecular formula is C21H35N7O3. The second-order valence-corrected chi connectivity index (χ2v) is 8.59. The van der Waals surface area contributed by atoms with E-state index in [1.54, 1.807) is 0 Å². The molecule has 3 rings (SSSR count). The molecule has 1 aliphatic carbocycles. The normalized spacial score (nSPS) is 19.4. The molecule has 2 aliphatic rings. The highest BCUT2D eigenvalue weighted by atomic mass is 16.5. The van der Waals surface area contributed by atoms with Gasteiger partial charge < -0.3 is 9.80 Å². The number of nitrogens with one attached hydrogen (secondary N) is 2. The zero-order valence-electron chi connectivity index (χ0n) is 18.6. The van der Waals surface area contributed by atoms with Crippen LogP contribution in [-0.2, 0) is 9.59 Å². The Hall–Kier alpha value is -2.46.